The number of anilines is 3. The van der Waals surface area contributed by atoms with Gasteiger partial charge in [0.25, 0.3) is 0 Å². The van der Waals surface area contributed by atoms with Gasteiger partial charge in [0.2, 0.25) is 5.95 Å². The molecular weight excluding hydrogens is 242 g/mol. The van der Waals surface area contributed by atoms with Crippen LogP contribution in [0.4, 0.5) is 17.5 Å². The number of aryl methyl sites for hydroxylation is 1. The van der Waals surface area contributed by atoms with E-state index in [1.54, 1.807) is 24.3 Å². The third-order valence-electron chi connectivity index (χ3n) is 2.08. The van der Waals surface area contributed by atoms with Crippen LogP contribution in [0.15, 0.2) is 29.1 Å². The molecular formula is C10H10ClN5O. The minimum absolute atomic E-state index is 0.0982. The van der Waals surface area contributed by atoms with Crippen molar-refractivity contribution >= 4 is 29.1 Å². The van der Waals surface area contributed by atoms with Crippen molar-refractivity contribution < 1.29 is 0 Å². The minimum atomic E-state index is -0.424. The first-order chi connectivity index (χ1) is 8.06. The first-order valence-corrected chi connectivity index (χ1v) is 5.17. The lowest BCUT2D eigenvalue weighted by Gasteiger charge is -2.06. The summed E-state index contributed by atoms with van der Waals surface area (Å²) in [7, 11) is 1.51. The second kappa shape index (κ2) is 4.42. The highest BCUT2D eigenvalue weighted by Gasteiger charge is 2.04. The fraction of sp³-hybridized carbons (Fsp3) is 0.100. The van der Waals surface area contributed by atoms with E-state index in [2.05, 4.69) is 15.4 Å². The number of aromatic nitrogens is 3. The molecule has 2 rings (SSSR count). The molecule has 0 aliphatic carbocycles. The number of nitrogens with zero attached hydrogens (tertiary/aromatic N) is 3. The minimum Gasteiger partial charge on any atom is -0.379 e. The topological polar surface area (TPSA) is 85.8 Å². The Balaban J connectivity index is 2.30. The molecule has 7 heteroatoms. The molecule has 17 heavy (non-hydrogen) atoms. The molecule has 0 aliphatic rings. The summed E-state index contributed by atoms with van der Waals surface area (Å²) in [5.41, 5.74) is 5.79. The first kappa shape index (κ1) is 11.4. The number of benzene rings is 1. The van der Waals surface area contributed by atoms with Crippen LogP contribution in [-0.2, 0) is 7.05 Å². The van der Waals surface area contributed by atoms with Crippen molar-refractivity contribution in [2.24, 2.45) is 7.05 Å². The van der Waals surface area contributed by atoms with Gasteiger partial charge in [-0.25, -0.2) is 4.68 Å². The SMILES string of the molecule is Cn1nc(Nc2ccc(Cl)cc2)nc(N)c1=O. The van der Waals surface area contributed by atoms with E-state index in [0.29, 0.717) is 5.02 Å². The predicted molar refractivity (Wildman–Crippen MR) is 66.4 cm³/mol. The second-order valence-electron chi connectivity index (χ2n) is 3.38. The molecule has 2 aromatic rings. The molecule has 3 N–H and O–H groups in total. The summed E-state index contributed by atoms with van der Waals surface area (Å²) >= 11 is 5.76. The molecule has 0 bridgehead atoms. The number of nitrogens with one attached hydrogen (secondary N) is 1. The molecule has 1 aromatic carbocycles. The van der Waals surface area contributed by atoms with Gasteiger partial charge in [0.1, 0.15) is 0 Å². The van der Waals surface area contributed by atoms with E-state index in [9.17, 15) is 4.79 Å². The van der Waals surface area contributed by atoms with Crippen molar-refractivity contribution in [3.8, 4) is 0 Å². The van der Waals surface area contributed by atoms with E-state index in [1.165, 1.54) is 7.05 Å². The summed E-state index contributed by atoms with van der Waals surface area (Å²) in [5.74, 6) is 0.158. The van der Waals surface area contributed by atoms with E-state index in [-0.39, 0.29) is 11.8 Å². The molecule has 88 valence electrons. The lowest BCUT2D eigenvalue weighted by Crippen LogP contribution is -2.25. The summed E-state index contributed by atoms with van der Waals surface area (Å²) in [6, 6.07) is 7.00. The Labute approximate surface area is 102 Å². The third kappa shape index (κ3) is 2.54. The number of nitrogen functional groups attached to an aromatic ring is 1. The van der Waals surface area contributed by atoms with Crippen molar-refractivity contribution in [1.29, 1.82) is 0 Å². The zero-order chi connectivity index (χ0) is 12.4. The van der Waals surface area contributed by atoms with Crippen LogP contribution < -0.4 is 16.6 Å². The molecule has 0 spiro atoms. The molecule has 0 saturated carbocycles. The van der Waals surface area contributed by atoms with Gasteiger partial charge in [-0.2, -0.15) is 4.98 Å². The van der Waals surface area contributed by atoms with Crippen molar-refractivity contribution in [2.45, 2.75) is 0 Å². The van der Waals surface area contributed by atoms with Gasteiger partial charge in [-0.15, -0.1) is 5.10 Å². The molecule has 0 saturated heterocycles. The predicted octanol–water partition coefficient (Wildman–Crippen LogP) is 1.15. The molecule has 0 fully saturated rings. The van der Waals surface area contributed by atoms with Gasteiger partial charge in [-0.05, 0) is 24.3 Å². The zero-order valence-corrected chi connectivity index (χ0v) is 9.77. The number of hydrogen-bond acceptors (Lipinski definition) is 5. The highest BCUT2D eigenvalue weighted by Crippen LogP contribution is 2.16. The molecule has 0 unspecified atom stereocenters. The maximum absolute atomic E-state index is 11.3. The lowest BCUT2D eigenvalue weighted by molar-refractivity contribution is 0.700. The fourth-order valence-corrected chi connectivity index (χ4v) is 1.38. The van der Waals surface area contributed by atoms with Gasteiger partial charge in [0.15, 0.2) is 5.82 Å². The maximum Gasteiger partial charge on any atom is 0.309 e. The number of halogens is 1. The van der Waals surface area contributed by atoms with E-state index in [4.69, 9.17) is 17.3 Å². The molecule has 1 aromatic heterocycles. The molecule has 0 amide bonds. The molecule has 0 atom stereocenters. The standard InChI is InChI=1S/C10H10ClN5O/c1-16-9(17)8(12)14-10(15-16)13-7-4-2-6(11)3-5-7/h2-5H,1H3,(H3,12,13,14,15). The van der Waals surface area contributed by atoms with Crippen LogP contribution in [0.1, 0.15) is 0 Å². The molecule has 0 aliphatic heterocycles. The Morgan fingerprint density at radius 3 is 2.59 bits per heavy atom. The smallest absolute Gasteiger partial charge is 0.309 e. The summed E-state index contributed by atoms with van der Waals surface area (Å²) in [4.78, 5) is 15.1. The largest absolute Gasteiger partial charge is 0.379 e. The summed E-state index contributed by atoms with van der Waals surface area (Å²) in [5, 5.41) is 7.48. The van der Waals surface area contributed by atoms with Gasteiger partial charge < -0.3 is 11.1 Å². The second-order valence-corrected chi connectivity index (χ2v) is 3.82. The quantitative estimate of drug-likeness (QED) is 0.836. The van der Waals surface area contributed by atoms with Crippen molar-refractivity contribution in [2.75, 3.05) is 11.1 Å². The van der Waals surface area contributed by atoms with Crippen LogP contribution in [0.25, 0.3) is 0 Å². The van der Waals surface area contributed by atoms with E-state index in [1.807, 2.05) is 0 Å². The molecule has 6 nitrogen and oxygen atoms in total. The Hall–Kier alpha value is -2.08. The monoisotopic (exact) mass is 251 g/mol. The van der Waals surface area contributed by atoms with E-state index >= 15 is 0 Å². The van der Waals surface area contributed by atoms with Gasteiger partial charge in [-0.3, -0.25) is 4.79 Å². The highest BCUT2D eigenvalue weighted by atomic mass is 35.5. The van der Waals surface area contributed by atoms with Gasteiger partial charge in [0.05, 0.1) is 0 Å². The molecule has 0 radical (unpaired) electrons. The number of nitrogens with two attached hydrogens (primary N) is 1. The first-order valence-electron chi connectivity index (χ1n) is 4.79. The van der Waals surface area contributed by atoms with E-state index in [0.717, 1.165) is 10.4 Å². The van der Waals surface area contributed by atoms with Crippen LogP contribution >= 0.6 is 11.6 Å². The highest BCUT2D eigenvalue weighted by molar-refractivity contribution is 6.30. The lowest BCUT2D eigenvalue weighted by atomic mass is 10.3. The van der Waals surface area contributed by atoms with E-state index < -0.39 is 5.56 Å². The van der Waals surface area contributed by atoms with Crippen LogP contribution in [-0.4, -0.2) is 14.8 Å². The zero-order valence-electron chi connectivity index (χ0n) is 9.01. The Morgan fingerprint density at radius 2 is 2.00 bits per heavy atom. The van der Waals surface area contributed by atoms with Gasteiger partial charge in [0, 0.05) is 17.8 Å². The van der Waals surface area contributed by atoms with Crippen LogP contribution in [0.5, 0.6) is 0 Å². The third-order valence-corrected chi connectivity index (χ3v) is 2.34. The number of hydrogen-bond donors (Lipinski definition) is 2. The van der Waals surface area contributed by atoms with Crippen molar-refractivity contribution in [3.63, 3.8) is 0 Å². The Kier molecular flexibility index (Phi) is 2.97. The average Bonchev–Trinajstić information content (AvgIpc) is 2.29. The summed E-state index contributed by atoms with van der Waals surface area (Å²) in [6.45, 7) is 0. The molecule has 1 heterocycles. The van der Waals surface area contributed by atoms with Crippen LogP contribution in [0.2, 0.25) is 5.02 Å². The normalized spacial score (nSPS) is 10.2. The van der Waals surface area contributed by atoms with Crippen molar-refractivity contribution in [1.82, 2.24) is 14.8 Å². The van der Waals surface area contributed by atoms with Crippen molar-refractivity contribution in [3.05, 3.63) is 39.6 Å². The Bertz CT molecular complexity index is 566. The summed E-state index contributed by atoms with van der Waals surface area (Å²) < 4.78 is 1.13. The van der Waals surface area contributed by atoms with Gasteiger partial charge >= 0.3 is 5.56 Å². The average molecular weight is 252 g/mol. The fourth-order valence-electron chi connectivity index (χ4n) is 1.25. The van der Waals surface area contributed by atoms with Crippen LogP contribution in [0, 0.1) is 0 Å². The number of rotatable bonds is 2. The van der Waals surface area contributed by atoms with Crippen LogP contribution in [0.3, 0.4) is 0 Å². The van der Waals surface area contributed by atoms with Gasteiger partial charge in [-0.1, -0.05) is 11.6 Å². The maximum atomic E-state index is 11.3. The Morgan fingerprint density at radius 1 is 1.35 bits per heavy atom. The summed E-state index contributed by atoms with van der Waals surface area (Å²) in [6.07, 6.45) is 0.